The molecule has 0 N–H and O–H groups in total. The molecule has 4 heteroatoms. The summed E-state index contributed by atoms with van der Waals surface area (Å²) in [6, 6.07) is 6.25. The summed E-state index contributed by atoms with van der Waals surface area (Å²) >= 11 is 0. The Hall–Kier alpha value is -1.64. The van der Waals surface area contributed by atoms with Crippen LogP contribution in [0.3, 0.4) is 0 Å². The molecule has 0 bridgehead atoms. The van der Waals surface area contributed by atoms with E-state index in [-0.39, 0.29) is 0 Å². The van der Waals surface area contributed by atoms with Crippen molar-refractivity contribution in [2.75, 3.05) is 31.2 Å². The molecule has 1 fully saturated rings. The van der Waals surface area contributed by atoms with Gasteiger partial charge in [0.2, 0.25) is 6.08 Å². The standard InChI is InChI=1S/C13H16N2O2/c1-11-2-3-13(12(8-11)9-14-10-16)15-4-6-17-7-5-15/h2-3,8H,4-7,9H2,1H3. The third kappa shape index (κ3) is 2.93. The zero-order valence-electron chi connectivity index (χ0n) is 9.98. The van der Waals surface area contributed by atoms with E-state index in [9.17, 15) is 4.79 Å². The first-order valence-corrected chi connectivity index (χ1v) is 5.77. The molecular weight excluding hydrogens is 216 g/mol. The maximum absolute atomic E-state index is 10.2. The summed E-state index contributed by atoms with van der Waals surface area (Å²) in [6.07, 6.45) is 1.60. The molecule has 0 amide bonds. The van der Waals surface area contributed by atoms with Gasteiger partial charge in [-0.25, -0.2) is 9.79 Å². The average Bonchev–Trinajstić information content (AvgIpc) is 2.37. The SMILES string of the molecule is Cc1ccc(N2CCOCC2)c(CN=C=O)c1. The van der Waals surface area contributed by atoms with Crippen LogP contribution in [0.4, 0.5) is 5.69 Å². The van der Waals surface area contributed by atoms with Crippen LogP contribution in [0.1, 0.15) is 11.1 Å². The molecule has 0 radical (unpaired) electrons. The number of hydrogen-bond acceptors (Lipinski definition) is 4. The first-order chi connectivity index (χ1) is 8.31. The van der Waals surface area contributed by atoms with Crippen molar-refractivity contribution in [3.8, 4) is 0 Å². The van der Waals surface area contributed by atoms with Crippen LogP contribution in [-0.4, -0.2) is 32.4 Å². The zero-order valence-corrected chi connectivity index (χ0v) is 9.98. The molecule has 1 saturated heterocycles. The Bertz CT molecular complexity index is 433. The van der Waals surface area contributed by atoms with Crippen LogP contribution in [0.5, 0.6) is 0 Å². The molecule has 1 aliphatic rings. The van der Waals surface area contributed by atoms with Crippen molar-refractivity contribution in [1.29, 1.82) is 0 Å². The Kier molecular flexibility index (Phi) is 3.91. The number of hydrogen-bond donors (Lipinski definition) is 0. The van der Waals surface area contributed by atoms with E-state index in [1.165, 1.54) is 5.56 Å². The van der Waals surface area contributed by atoms with E-state index < -0.39 is 0 Å². The van der Waals surface area contributed by atoms with Crippen molar-refractivity contribution < 1.29 is 9.53 Å². The largest absolute Gasteiger partial charge is 0.378 e. The maximum Gasteiger partial charge on any atom is 0.235 e. The molecule has 0 atom stereocenters. The van der Waals surface area contributed by atoms with E-state index >= 15 is 0 Å². The van der Waals surface area contributed by atoms with Gasteiger partial charge in [-0.3, -0.25) is 0 Å². The molecule has 17 heavy (non-hydrogen) atoms. The molecule has 1 aliphatic heterocycles. The fraction of sp³-hybridized carbons (Fsp3) is 0.462. The smallest absolute Gasteiger partial charge is 0.235 e. The third-order valence-corrected chi connectivity index (χ3v) is 2.90. The number of carbonyl (C=O) groups excluding carboxylic acids is 1. The number of morpholine rings is 1. The summed E-state index contributed by atoms with van der Waals surface area (Å²) in [4.78, 5) is 16.2. The van der Waals surface area contributed by atoms with Gasteiger partial charge in [-0.1, -0.05) is 17.7 Å². The quantitative estimate of drug-likeness (QED) is 0.588. The van der Waals surface area contributed by atoms with Crippen LogP contribution in [0.15, 0.2) is 23.2 Å². The van der Waals surface area contributed by atoms with E-state index in [2.05, 4.69) is 28.1 Å². The van der Waals surface area contributed by atoms with Crippen molar-refractivity contribution in [2.45, 2.75) is 13.5 Å². The van der Waals surface area contributed by atoms with Crippen molar-refractivity contribution in [3.63, 3.8) is 0 Å². The van der Waals surface area contributed by atoms with Crippen LogP contribution in [0.25, 0.3) is 0 Å². The molecule has 0 saturated carbocycles. The summed E-state index contributed by atoms with van der Waals surface area (Å²) in [5.41, 5.74) is 3.41. The Morgan fingerprint density at radius 2 is 2.18 bits per heavy atom. The van der Waals surface area contributed by atoms with E-state index in [0.29, 0.717) is 6.54 Å². The highest BCUT2D eigenvalue weighted by Gasteiger charge is 2.14. The fourth-order valence-corrected chi connectivity index (χ4v) is 2.07. The number of isocyanates is 1. The summed E-state index contributed by atoms with van der Waals surface area (Å²) in [5, 5.41) is 0. The molecule has 0 aromatic heterocycles. The average molecular weight is 232 g/mol. The zero-order chi connectivity index (χ0) is 12.1. The highest BCUT2D eigenvalue weighted by molar-refractivity contribution is 5.55. The van der Waals surface area contributed by atoms with Gasteiger partial charge in [-0.05, 0) is 18.6 Å². The van der Waals surface area contributed by atoms with Gasteiger partial charge in [0.05, 0.1) is 19.8 Å². The molecular formula is C13H16N2O2. The topological polar surface area (TPSA) is 41.9 Å². The molecule has 4 nitrogen and oxygen atoms in total. The Balaban J connectivity index is 2.27. The number of aliphatic imine (C=N–C) groups is 1. The molecule has 1 heterocycles. The van der Waals surface area contributed by atoms with Crippen molar-refractivity contribution in [2.24, 2.45) is 4.99 Å². The van der Waals surface area contributed by atoms with E-state index in [1.807, 2.05) is 6.92 Å². The lowest BCUT2D eigenvalue weighted by Gasteiger charge is -2.30. The third-order valence-electron chi connectivity index (χ3n) is 2.90. The molecule has 90 valence electrons. The van der Waals surface area contributed by atoms with Gasteiger partial charge in [-0.2, -0.15) is 0 Å². The van der Waals surface area contributed by atoms with Gasteiger partial charge < -0.3 is 9.64 Å². The summed E-state index contributed by atoms with van der Waals surface area (Å²) < 4.78 is 5.34. The van der Waals surface area contributed by atoms with Gasteiger partial charge in [0, 0.05) is 18.8 Å². The van der Waals surface area contributed by atoms with Gasteiger partial charge in [0.25, 0.3) is 0 Å². The summed E-state index contributed by atoms with van der Waals surface area (Å²) in [7, 11) is 0. The van der Waals surface area contributed by atoms with Crippen LogP contribution >= 0.6 is 0 Å². The lowest BCUT2D eigenvalue weighted by Crippen LogP contribution is -2.36. The second kappa shape index (κ2) is 5.62. The van der Waals surface area contributed by atoms with Crippen LogP contribution in [-0.2, 0) is 16.1 Å². The van der Waals surface area contributed by atoms with E-state index in [1.54, 1.807) is 6.08 Å². The Morgan fingerprint density at radius 3 is 2.88 bits per heavy atom. The summed E-state index contributed by atoms with van der Waals surface area (Å²) in [6.45, 7) is 5.73. The minimum Gasteiger partial charge on any atom is -0.378 e. The normalized spacial score (nSPS) is 15.5. The van der Waals surface area contributed by atoms with Crippen molar-refractivity contribution >= 4 is 11.8 Å². The van der Waals surface area contributed by atoms with Crippen LogP contribution in [0.2, 0.25) is 0 Å². The van der Waals surface area contributed by atoms with Crippen molar-refractivity contribution in [1.82, 2.24) is 0 Å². The number of nitrogens with zero attached hydrogens (tertiary/aromatic N) is 2. The molecule has 0 spiro atoms. The predicted octanol–water partition coefficient (Wildman–Crippen LogP) is 1.67. The van der Waals surface area contributed by atoms with Gasteiger partial charge in [0.1, 0.15) is 0 Å². The first kappa shape index (κ1) is 11.8. The van der Waals surface area contributed by atoms with E-state index in [0.717, 1.165) is 37.6 Å². The molecule has 1 aromatic rings. The molecule has 0 unspecified atom stereocenters. The molecule has 0 aliphatic carbocycles. The minimum atomic E-state index is 0.401. The lowest BCUT2D eigenvalue weighted by molar-refractivity contribution is 0.122. The molecule has 2 rings (SSSR count). The second-order valence-corrected chi connectivity index (χ2v) is 4.14. The maximum atomic E-state index is 10.2. The number of ether oxygens (including phenoxy) is 1. The fourth-order valence-electron chi connectivity index (χ4n) is 2.07. The Labute approximate surface area is 101 Å². The number of rotatable bonds is 3. The highest BCUT2D eigenvalue weighted by Crippen LogP contribution is 2.23. The van der Waals surface area contributed by atoms with Crippen molar-refractivity contribution in [3.05, 3.63) is 29.3 Å². The van der Waals surface area contributed by atoms with E-state index in [4.69, 9.17) is 4.74 Å². The Morgan fingerprint density at radius 1 is 1.41 bits per heavy atom. The first-order valence-electron chi connectivity index (χ1n) is 5.77. The van der Waals surface area contributed by atoms with Crippen LogP contribution < -0.4 is 4.90 Å². The van der Waals surface area contributed by atoms with Crippen LogP contribution in [0, 0.1) is 6.92 Å². The lowest BCUT2D eigenvalue weighted by atomic mass is 10.1. The second-order valence-electron chi connectivity index (χ2n) is 4.14. The monoisotopic (exact) mass is 232 g/mol. The predicted molar refractivity (Wildman–Crippen MR) is 66.0 cm³/mol. The molecule has 1 aromatic carbocycles. The highest BCUT2D eigenvalue weighted by atomic mass is 16.5. The summed E-state index contributed by atoms with van der Waals surface area (Å²) in [5.74, 6) is 0. The number of anilines is 1. The minimum absolute atomic E-state index is 0.401. The number of benzene rings is 1. The van der Waals surface area contributed by atoms with Gasteiger partial charge >= 0.3 is 0 Å². The van der Waals surface area contributed by atoms with Gasteiger partial charge in [0.15, 0.2) is 0 Å². The van der Waals surface area contributed by atoms with Gasteiger partial charge in [-0.15, -0.1) is 0 Å². The number of aryl methyl sites for hydroxylation is 1.